The Hall–Kier alpha value is -4.29. The van der Waals surface area contributed by atoms with E-state index in [9.17, 15) is 14.4 Å². The van der Waals surface area contributed by atoms with Gasteiger partial charge in [0.25, 0.3) is 5.88 Å². The molecule has 214 valence electrons. The highest BCUT2D eigenvalue weighted by Crippen LogP contribution is 2.38. The predicted molar refractivity (Wildman–Crippen MR) is 144 cm³/mol. The normalized spacial score (nSPS) is 16.0. The number of carbonyl (C=O) groups is 3. The number of Topliss-reactive ketones (excluding diaryl/α,β-unsaturated/α-hetero) is 1. The van der Waals surface area contributed by atoms with E-state index in [0.717, 1.165) is 12.8 Å². The van der Waals surface area contributed by atoms with Gasteiger partial charge in [-0.05, 0) is 60.5 Å². The molecule has 40 heavy (non-hydrogen) atoms. The average molecular weight is 555 g/mol. The van der Waals surface area contributed by atoms with Gasteiger partial charge in [-0.2, -0.15) is 4.90 Å². The fourth-order valence-electron chi connectivity index (χ4n) is 4.14. The first kappa shape index (κ1) is 28.7. The molecule has 0 N–H and O–H groups in total. The number of anilines is 1. The van der Waals surface area contributed by atoms with Gasteiger partial charge in [-0.1, -0.05) is 6.42 Å². The number of aromatic nitrogens is 5. The van der Waals surface area contributed by atoms with Gasteiger partial charge in [-0.25, -0.2) is 29.2 Å². The molecule has 4 rings (SSSR count). The van der Waals surface area contributed by atoms with Gasteiger partial charge in [-0.15, -0.1) is 5.10 Å². The van der Waals surface area contributed by atoms with E-state index in [1.807, 2.05) is 0 Å². The molecule has 1 saturated carbocycles. The van der Waals surface area contributed by atoms with Crippen LogP contribution in [0.15, 0.2) is 24.7 Å². The molecular formula is C27H34N6O7. The zero-order valence-electron chi connectivity index (χ0n) is 23.8. The maximum atomic E-state index is 13.4. The minimum absolute atomic E-state index is 0.00184. The van der Waals surface area contributed by atoms with Gasteiger partial charge < -0.3 is 18.9 Å². The van der Waals surface area contributed by atoms with Gasteiger partial charge in [0.2, 0.25) is 5.88 Å². The van der Waals surface area contributed by atoms with Crippen LogP contribution in [0.4, 0.5) is 15.4 Å². The number of hydrogen-bond donors (Lipinski definition) is 0. The van der Waals surface area contributed by atoms with Crippen LogP contribution in [0.5, 0.6) is 17.5 Å². The van der Waals surface area contributed by atoms with Gasteiger partial charge in [0.05, 0.1) is 7.11 Å². The molecule has 1 atom stereocenters. The van der Waals surface area contributed by atoms with E-state index < -0.39 is 29.4 Å². The quantitative estimate of drug-likeness (QED) is 0.400. The van der Waals surface area contributed by atoms with Crippen molar-refractivity contribution in [3.05, 3.63) is 24.7 Å². The third-order valence-electron chi connectivity index (χ3n) is 5.76. The minimum Gasteiger partial charge on any atom is -0.497 e. The van der Waals surface area contributed by atoms with Crippen LogP contribution in [-0.2, 0) is 14.3 Å². The predicted octanol–water partition coefficient (Wildman–Crippen LogP) is 5.38. The summed E-state index contributed by atoms with van der Waals surface area (Å²) >= 11 is 0. The number of nitrogens with zero attached hydrogens (tertiary/aromatic N) is 6. The Balaban J connectivity index is 1.94. The zero-order valence-corrected chi connectivity index (χ0v) is 23.8. The summed E-state index contributed by atoms with van der Waals surface area (Å²) in [5.74, 6) is 0.356. The fourth-order valence-corrected chi connectivity index (χ4v) is 4.14. The SMILES string of the molecule is COc1ccnc(Oc2nn(C3CCCCC3=O)c3ncnc(N(C(=O)OC(C)(C)C)C(=O)OC(C)(C)C)c23)c1. The molecule has 0 aromatic carbocycles. The molecule has 1 unspecified atom stereocenters. The highest BCUT2D eigenvalue weighted by molar-refractivity contribution is 6.14. The lowest BCUT2D eigenvalue weighted by Gasteiger charge is -2.28. The van der Waals surface area contributed by atoms with Crippen LogP contribution in [0.3, 0.4) is 0 Å². The van der Waals surface area contributed by atoms with E-state index in [4.69, 9.17) is 18.9 Å². The lowest BCUT2D eigenvalue weighted by atomic mass is 9.94. The van der Waals surface area contributed by atoms with Crippen molar-refractivity contribution in [3.63, 3.8) is 0 Å². The number of hydrogen-bond acceptors (Lipinski definition) is 11. The molecule has 1 aliphatic rings. The van der Waals surface area contributed by atoms with Gasteiger partial charge >= 0.3 is 12.2 Å². The number of ketones is 1. The minimum atomic E-state index is -1.02. The molecule has 3 aromatic rings. The lowest BCUT2D eigenvalue weighted by molar-refractivity contribution is -0.124. The maximum absolute atomic E-state index is 13.4. The van der Waals surface area contributed by atoms with E-state index in [1.54, 1.807) is 53.7 Å². The molecule has 0 spiro atoms. The number of imide groups is 1. The molecule has 3 heterocycles. The fraction of sp³-hybridized carbons (Fsp3) is 0.519. The van der Waals surface area contributed by atoms with Crippen molar-refractivity contribution >= 4 is 34.8 Å². The average Bonchev–Trinajstić information content (AvgIpc) is 3.21. The Morgan fingerprint density at radius 1 is 1.00 bits per heavy atom. The Labute approximate surface area is 231 Å². The van der Waals surface area contributed by atoms with Crippen LogP contribution in [-0.4, -0.2) is 61.0 Å². The van der Waals surface area contributed by atoms with Crippen molar-refractivity contribution in [2.45, 2.75) is 84.5 Å². The molecule has 13 nitrogen and oxygen atoms in total. The van der Waals surface area contributed by atoms with E-state index in [0.29, 0.717) is 23.5 Å². The number of amides is 2. The van der Waals surface area contributed by atoms with Crippen LogP contribution in [0, 0.1) is 0 Å². The summed E-state index contributed by atoms with van der Waals surface area (Å²) in [5, 5.41) is 4.68. The first-order valence-electron chi connectivity index (χ1n) is 13.0. The highest BCUT2D eigenvalue weighted by Gasteiger charge is 2.38. The van der Waals surface area contributed by atoms with Gasteiger partial charge in [0, 0.05) is 18.7 Å². The van der Waals surface area contributed by atoms with Gasteiger partial charge in [0.15, 0.2) is 17.2 Å². The van der Waals surface area contributed by atoms with Crippen molar-refractivity contribution in [1.82, 2.24) is 24.7 Å². The van der Waals surface area contributed by atoms with Crippen LogP contribution in [0.1, 0.15) is 73.3 Å². The number of methoxy groups -OCH3 is 1. The summed E-state index contributed by atoms with van der Waals surface area (Å²) in [6, 6.07) is 2.58. The van der Waals surface area contributed by atoms with E-state index >= 15 is 0 Å². The highest BCUT2D eigenvalue weighted by atomic mass is 16.6. The molecule has 2 amide bonds. The number of ether oxygens (including phenoxy) is 4. The third kappa shape index (κ3) is 6.46. The summed E-state index contributed by atoms with van der Waals surface area (Å²) < 4.78 is 23.9. The largest absolute Gasteiger partial charge is 0.497 e. The topological polar surface area (TPSA) is 148 Å². The molecular weight excluding hydrogens is 520 g/mol. The van der Waals surface area contributed by atoms with Crippen LogP contribution in [0.25, 0.3) is 11.0 Å². The molecule has 3 aromatic heterocycles. The number of rotatable bonds is 5. The summed E-state index contributed by atoms with van der Waals surface area (Å²) in [7, 11) is 1.50. The second-order valence-corrected chi connectivity index (χ2v) is 11.3. The maximum Gasteiger partial charge on any atom is 0.425 e. The third-order valence-corrected chi connectivity index (χ3v) is 5.76. The Bertz CT molecular complexity index is 1390. The Morgan fingerprint density at radius 3 is 2.27 bits per heavy atom. The number of fused-ring (bicyclic) bond motifs is 1. The van der Waals surface area contributed by atoms with E-state index in [2.05, 4.69) is 20.1 Å². The van der Waals surface area contributed by atoms with Crippen LogP contribution in [0.2, 0.25) is 0 Å². The number of carbonyl (C=O) groups excluding carboxylic acids is 3. The summed E-state index contributed by atoms with van der Waals surface area (Å²) in [5.41, 5.74) is -1.68. The lowest BCUT2D eigenvalue weighted by Crippen LogP contribution is -2.44. The molecule has 13 heteroatoms. The first-order valence-corrected chi connectivity index (χ1v) is 13.0. The second kappa shape index (κ2) is 11.1. The van der Waals surface area contributed by atoms with Gasteiger partial charge in [0.1, 0.15) is 34.7 Å². The molecule has 0 aliphatic heterocycles. The molecule has 1 fully saturated rings. The number of pyridine rings is 1. The Morgan fingerprint density at radius 2 is 1.68 bits per heavy atom. The summed E-state index contributed by atoms with van der Waals surface area (Å²) in [6.45, 7) is 10.0. The molecule has 0 bridgehead atoms. The molecule has 0 saturated heterocycles. The summed E-state index contributed by atoms with van der Waals surface area (Å²) in [6.07, 6.45) is 3.19. The zero-order chi connectivity index (χ0) is 29.2. The summed E-state index contributed by atoms with van der Waals surface area (Å²) in [4.78, 5) is 53.3. The van der Waals surface area contributed by atoms with Gasteiger partial charge in [-0.3, -0.25) is 4.79 Å². The van der Waals surface area contributed by atoms with Crippen molar-refractivity contribution in [2.24, 2.45) is 0 Å². The van der Waals surface area contributed by atoms with Crippen molar-refractivity contribution in [2.75, 3.05) is 12.0 Å². The first-order chi connectivity index (χ1) is 18.8. The standard InChI is InChI=1S/C27H34N6O7/c1-26(2,3)39-24(35)32(25(36)40-27(4,5)6)21-20-22(30-15-29-21)33(17-10-8-9-11-18(17)34)31-23(20)38-19-14-16(37-7)12-13-28-19/h12-15,17H,8-11H2,1-7H3. The van der Waals surface area contributed by atoms with E-state index in [1.165, 1.54) is 24.3 Å². The van der Waals surface area contributed by atoms with Crippen molar-refractivity contribution < 1.29 is 33.3 Å². The van der Waals surface area contributed by atoms with Crippen molar-refractivity contribution in [1.29, 1.82) is 0 Å². The van der Waals surface area contributed by atoms with Crippen molar-refractivity contribution in [3.8, 4) is 17.5 Å². The van der Waals surface area contributed by atoms with Crippen LogP contribution < -0.4 is 14.4 Å². The van der Waals surface area contributed by atoms with Crippen LogP contribution >= 0.6 is 0 Å². The molecule has 1 aliphatic carbocycles. The monoisotopic (exact) mass is 554 g/mol. The van der Waals surface area contributed by atoms with E-state index in [-0.39, 0.29) is 34.4 Å². The molecule has 0 radical (unpaired) electrons. The second-order valence-electron chi connectivity index (χ2n) is 11.3. The smallest absolute Gasteiger partial charge is 0.425 e. The Kier molecular flexibility index (Phi) is 7.94.